The zero-order valence-electron chi connectivity index (χ0n) is 16.8. The molecule has 11 heteroatoms. The highest BCUT2D eigenvalue weighted by Gasteiger charge is 2.29. The summed E-state index contributed by atoms with van der Waals surface area (Å²) in [5, 5.41) is 4.24. The molecule has 0 spiro atoms. The maximum Gasteiger partial charge on any atom is 0.416 e. The first-order chi connectivity index (χ1) is 15.1. The van der Waals surface area contributed by atoms with E-state index in [2.05, 4.69) is 5.32 Å². The molecule has 0 atom stereocenters. The minimum Gasteiger partial charge on any atom is -0.484 e. The number of ether oxygens (including phenoxy) is 1. The van der Waals surface area contributed by atoms with Gasteiger partial charge in [-0.3, -0.25) is 9.10 Å². The molecule has 1 aromatic heterocycles. The van der Waals surface area contributed by atoms with E-state index in [1.807, 2.05) is 0 Å². The lowest BCUT2D eigenvalue weighted by molar-refractivity contribution is -0.137. The van der Waals surface area contributed by atoms with Crippen molar-refractivity contribution >= 4 is 33.0 Å². The zero-order valence-corrected chi connectivity index (χ0v) is 18.4. The largest absolute Gasteiger partial charge is 0.484 e. The van der Waals surface area contributed by atoms with Crippen LogP contribution in [-0.4, -0.2) is 28.0 Å². The zero-order chi connectivity index (χ0) is 23.4. The Bertz CT molecular complexity index is 1150. The Balaban J connectivity index is 1.50. The summed E-state index contributed by atoms with van der Waals surface area (Å²) in [6.07, 6.45) is -4.41. The fourth-order valence-electron chi connectivity index (χ4n) is 2.65. The number of halogens is 3. The highest BCUT2D eigenvalue weighted by atomic mass is 32.2. The second-order valence-corrected chi connectivity index (χ2v) is 9.80. The number of carbonyl (C=O) groups excluding carboxylic acids is 1. The number of nitrogens with zero attached hydrogens (tertiary/aromatic N) is 1. The molecular formula is C21H19F3N2O4S2. The van der Waals surface area contributed by atoms with Crippen molar-refractivity contribution in [1.29, 1.82) is 0 Å². The van der Waals surface area contributed by atoms with Crippen LogP contribution in [0.2, 0.25) is 0 Å². The number of hydrogen-bond acceptors (Lipinski definition) is 5. The summed E-state index contributed by atoms with van der Waals surface area (Å²) in [7, 11) is -2.20. The summed E-state index contributed by atoms with van der Waals surface area (Å²) in [4.78, 5) is 12.0. The summed E-state index contributed by atoms with van der Waals surface area (Å²) in [6, 6.07) is 13.9. The Labute approximate surface area is 187 Å². The van der Waals surface area contributed by atoms with Gasteiger partial charge in [-0.2, -0.15) is 13.2 Å². The number of anilines is 1. The van der Waals surface area contributed by atoms with Gasteiger partial charge in [-0.1, -0.05) is 18.2 Å². The van der Waals surface area contributed by atoms with Crippen molar-refractivity contribution in [3.8, 4) is 5.75 Å². The Morgan fingerprint density at radius 3 is 2.28 bits per heavy atom. The number of carbonyl (C=O) groups is 1. The van der Waals surface area contributed by atoms with Gasteiger partial charge in [-0.25, -0.2) is 8.42 Å². The van der Waals surface area contributed by atoms with Crippen molar-refractivity contribution in [3.05, 3.63) is 77.2 Å². The normalized spacial score (nSPS) is 11.8. The molecule has 0 aliphatic rings. The van der Waals surface area contributed by atoms with Crippen molar-refractivity contribution in [2.24, 2.45) is 0 Å². The Kier molecular flexibility index (Phi) is 7.09. The molecule has 1 amide bonds. The van der Waals surface area contributed by atoms with Crippen LogP contribution in [0.5, 0.6) is 5.75 Å². The molecule has 0 aliphatic carbocycles. The topological polar surface area (TPSA) is 75.7 Å². The number of thiophene rings is 1. The summed E-state index contributed by atoms with van der Waals surface area (Å²) in [6.45, 7) is -0.242. The molecule has 170 valence electrons. The van der Waals surface area contributed by atoms with Gasteiger partial charge in [0.15, 0.2) is 6.61 Å². The molecule has 3 aromatic rings. The van der Waals surface area contributed by atoms with E-state index in [9.17, 15) is 26.4 Å². The molecule has 0 radical (unpaired) electrons. The number of benzene rings is 2. The van der Waals surface area contributed by atoms with Crippen molar-refractivity contribution in [2.75, 3.05) is 18.0 Å². The number of alkyl halides is 3. The molecule has 6 nitrogen and oxygen atoms in total. The lowest BCUT2D eigenvalue weighted by Gasteiger charge is -2.18. The lowest BCUT2D eigenvalue weighted by Crippen LogP contribution is -2.28. The smallest absolute Gasteiger partial charge is 0.416 e. The van der Waals surface area contributed by atoms with E-state index in [1.54, 1.807) is 35.7 Å². The lowest BCUT2D eigenvalue weighted by atomic mass is 10.1. The number of sulfonamides is 1. The molecule has 1 heterocycles. The first kappa shape index (κ1) is 23.6. The average molecular weight is 485 g/mol. The van der Waals surface area contributed by atoms with Crippen LogP contribution in [0.3, 0.4) is 0 Å². The van der Waals surface area contributed by atoms with Gasteiger partial charge >= 0.3 is 6.18 Å². The Morgan fingerprint density at radius 1 is 1.06 bits per heavy atom. The average Bonchev–Trinajstić information content (AvgIpc) is 3.32. The summed E-state index contributed by atoms with van der Waals surface area (Å²) < 4.78 is 69.6. The van der Waals surface area contributed by atoms with Crippen LogP contribution in [0.25, 0.3) is 0 Å². The van der Waals surface area contributed by atoms with Crippen molar-refractivity contribution in [3.63, 3.8) is 0 Å². The van der Waals surface area contributed by atoms with Crippen molar-refractivity contribution in [2.45, 2.75) is 16.9 Å². The van der Waals surface area contributed by atoms with Crippen LogP contribution in [0.1, 0.15) is 11.1 Å². The molecule has 0 saturated heterocycles. The van der Waals surface area contributed by atoms with E-state index in [4.69, 9.17) is 4.74 Å². The van der Waals surface area contributed by atoms with Crippen LogP contribution in [0.4, 0.5) is 18.9 Å². The molecule has 2 aromatic carbocycles. The Morgan fingerprint density at radius 2 is 1.72 bits per heavy atom. The second kappa shape index (κ2) is 9.61. The first-order valence-corrected chi connectivity index (χ1v) is 11.6. The number of amides is 1. The van der Waals surface area contributed by atoms with E-state index in [0.717, 1.165) is 27.8 Å². The maximum atomic E-state index is 12.6. The highest BCUT2D eigenvalue weighted by Crippen LogP contribution is 2.29. The van der Waals surface area contributed by atoms with E-state index in [-0.39, 0.29) is 17.4 Å². The van der Waals surface area contributed by atoms with Crippen LogP contribution in [0.15, 0.2) is 70.3 Å². The summed E-state index contributed by atoms with van der Waals surface area (Å²) in [5.74, 6) is -0.0910. The van der Waals surface area contributed by atoms with Gasteiger partial charge in [0.1, 0.15) is 9.96 Å². The molecule has 1 N–H and O–H groups in total. The molecule has 0 bridgehead atoms. The third kappa shape index (κ3) is 5.80. The predicted octanol–water partition coefficient (Wildman–Crippen LogP) is 4.29. The predicted molar refractivity (Wildman–Crippen MR) is 115 cm³/mol. The highest BCUT2D eigenvalue weighted by molar-refractivity contribution is 7.94. The quantitative estimate of drug-likeness (QED) is 0.518. The SMILES string of the molecule is CN(c1ccc(OCC(=O)NCc2ccc(C(F)(F)F)cc2)cc1)S(=O)(=O)c1cccs1. The van der Waals surface area contributed by atoms with E-state index in [0.29, 0.717) is 17.0 Å². The fraction of sp³-hybridized carbons (Fsp3) is 0.190. The van der Waals surface area contributed by atoms with Crippen molar-refractivity contribution < 1.29 is 31.1 Å². The minimum absolute atomic E-state index is 0.0602. The van der Waals surface area contributed by atoms with E-state index < -0.39 is 27.7 Å². The van der Waals surface area contributed by atoms with Gasteiger partial charge in [0.2, 0.25) is 0 Å². The van der Waals surface area contributed by atoms with Gasteiger partial charge in [-0.05, 0) is 53.4 Å². The number of nitrogens with one attached hydrogen (secondary N) is 1. The maximum absolute atomic E-state index is 12.6. The molecule has 0 aliphatic heterocycles. The van der Waals surface area contributed by atoms with Crippen LogP contribution in [-0.2, 0) is 27.5 Å². The fourth-order valence-corrected chi connectivity index (χ4v) is 5.01. The molecular weight excluding hydrogens is 465 g/mol. The summed E-state index contributed by atoms with van der Waals surface area (Å²) >= 11 is 1.12. The molecule has 3 rings (SSSR count). The second-order valence-electron chi connectivity index (χ2n) is 6.66. The van der Waals surface area contributed by atoms with E-state index in [1.165, 1.54) is 25.2 Å². The minimum atomic E-state index is -4.41. The third-order valence-electron chi connectivity index (χ3n) is 4.45. The standard InChI is InChI=1S/C21H19F3N2O4S2/c1-26(32(28,29)20-3-2-12-31-20)17-8-10-18(11-9-17)30-14-19(27)25-13-15-4-6-16(7-5-15)21(22,23)24/h2-12H,13-14H2,1H3,(H,25,27). The molecule has 0 fully saturated rings. The number of hydrogen-bond donors (Lipinski definition) is 1. The Hall–Kier alpha value is -3.05. The van der Waals surface area contributed by atoms with Crippen LogP contribution < -0.4 is 14.4 Å². The monoisotopic (exact) mass is 484 g/mol. The molecule has 0 unspecified atom stereocenters. The van der Waals surface area contributed by atoms with Gasteiger partial charge in [0, 0.05) is 13.6 Å². The van der Waals surface area contributed by atoms with Crippen molar-refractivity contribution in [1.82, 2.24) is 5.32 Å². The van der Waals surface area contributed by atoms with Crippen LogP contribution in [0, 0.1) is 0 Å². The number of rotatable bonds is 8. The van der Waals surface area contributed by atoms with Gasteiger partial charge < -0.3 is 10.1 Å². The molecule has 32 heavy (non-hydrogen) atoms. The van der Waals surface area contributed by atoms with Gasteiger partial charge in [0.05, 0.1) is 11.3 Å². The van der Waals surface area contributed by atoms with E-state index >= 15 is 0 Å². The first-order valence-electron chi connectivity index (χ1n) is 9.25. The van der Waals surface area contributed by atoms with Crippen LogP contribution >= 0.6 is 11.3 Å². The summed E-state index contributed by atoms with van der Waals surface area (Å²) in [5.41, 5.74) is 0.191. The molecule has 0 saturated carbocycles. The third-order valence-corrected chi connectivity index (χ3v) is 7.61. The van der Waals surface area contributed by atoms with Gasteiger partial charge in [0.25, 0.3) is 15.9 Å². The van der Waals surface area contributed by atoms with Gasteiger partial charge in [-0.15, -0.1) is 11.3 Å².